The third-order valence-corrected chi connectivity index (χ3v) is 4.78. The molecule has 2 amide bonds. The number of ether oxygens (including phenoxy) is 2. The summed E-state index contributed by atoms with van der Waals surface area (Å²) in [6.45, 7) is 4.68. The Morgan fingerprint density at radius 3 is 2.72 bits per heavy atom. The number of morpholine rings is 1. The van der Waals surface area contributed by atoms with E-state index in [1.165, 1.54) is 12.5 Å². The van der Waals surface area contributed by atoms with Crippen LogP contribution in [-0.2, 0) is 25.5 Å². The molecule has 1 aromatic rings. The highest BCUT2D eigenvalue weighted by atomic mass is 16.5. The summed E-state index contributed by atoms with van der Waals surface area (Å²) in [6, 6.07) is 9.87. The molecule has 2 fully saturated rings. The van der Waals surface area contributed by atoms with Gasteiger partial charge in [-0.1, -0.05) is 30.3 Å². The molecule has 2 saturated heterocycles. The Morgan fingerprint density at radius 2 is 2.00 bits per heavy atom. The second-order valence-corrected chi connectivity index (χ2v) is 6.63. The number of aryl methyl sites for hydroxylation is 1. The molecule has 1 atom stereocenters. The van der Waals surface area contributed by atoms with Crippen LogP contribution in [-0.4, -0.2) is 73.2 Å². The van der Waals surface area contributed by atoms with Crippen molar-refractivity contribution in [2.75, 3.05) is 39.5 Å². The maximum Gasteiger partial charge on any atom is 0.247 e. The average Bonchev–Trinajstić information content (AvgIpc) is 2.60. The van der Waals surface area contributed by atoms with Gasteiger partial charge in [0.15, 0.2) is 0 Å². The van der Waals surface area contributed by atoms with Crippen LogP contribution in [0.15, 0.2) is 30.3 Å². The summed E-state index contributed by atoms with van der Waals surface area (Å²) in [6.07, 6.45) is 2.08. The fourth-order valence-electron chi connectivity index (χ4n) is 3.29. The monoisotopic (exact) mass is 346 g/mol. The zero-order chi connectivity index (χ0) is 17.6. The van der Waals surface area contributed by atoms with Gasteiger partial charge in [-0.15, -0.1) is 0 Å². The Morgan fingerprint density at radius 1 is 1.24 bits per heavy atom. The predicted octanol–water partition coefficient (Wildman–Crippen LogP) is 1.09. The number of likely N-dealkylation sites (tertiary alicyclic amines) is 1. The lowest BCUT2D eigenvalue weighted by atomic mass is 10.1. The van der Waals surface area contributed by atoms with Gasteiger partial charge in [-0.05, 0) is 18.4 Å². The van der Waals surface area contributed by atoms with E-state index in [9.17, 15) is 9.59 Å². The van der Waals surface area contributed by atoms with Gasteiger partial charge in [-0.2, -0.15) is 0 Å². The highest BCUT2D eigenvalue weighted by Gasteiger charge is 2.39. The number of carbonyl (C=O) groups is 2. The molecule has 0 saturated carbocycles. The van der Waals surface area contributed by atoms with Crippen molar-refractivity contribution in [3.63, 3.8) is 0 Å². The standard InChI is InChI=1S/C19H26N2O4/c1-15(22)21-9-11-24-14-18(21)19(23)20-12-17(13-20)25-10-5-8-16-6-3-2-4-7-16/h2-4,6-7,17-18H,5,8-14H2,1H3. The highest BCUT2D eigenvalue weighted by molar-refractivity contribution is 5.87. The molecule has 0 radical (unpaired) electrons. The second kappa shape index (κ2) is 8.45. The van der Waals surface area contributed by atoms with Crippen LogP contribution in [0.1, 0.15) is 18.9 Å². The van der Waals surface area contributed by atoms with Crippen molar-refractivity contribution in [2.45, 2.75) is 31.9 Å². The summed E-state index contributed by atoms with van der Waals surface area (Å²) >= 11 is 0. The molecule has 0 aliphatic carbocycles. The topological polar surface area (TPSA) is 59.1 Å². The maximum absolute atomic E-state index is 12.6. The molecule has 0 spiro atoms. The molecule has 0 aromatic heterocycles. The van der Waals surface area contributed by atoms with Crippen LogP contribution in [0.5, 0.6) is 0 Å². The largest absolute Gasteiger partial charge is 0.377 e. The smallest absolute Gasteiger partial charge is 0.247 e. The van der Waals surface area contributed by atoms with Crippen LogP contribution in [0.4, 0.5) is 0 Å². The Hall–Kier alpha value is -1.92. The van der Waals surface area contributed by atoms with Crippen LogP contribution in [0, 0.1) is 0 Å². The van der Waals surface area contributed by atoms with Crippen LogP contribution >= 0.6 is 0 Å². The molecule has 0 N–H and O–H groups in total. The van der Waals surface area contributed by atoms with Crippen molar-refractivity contribution in [3.05, 3.63) is 35.9 Å². The molecule has 6 nitrogen and oxygen atoms in total. The molecule has 6 heteroatoms. The number of carbonyl (C=O) groups excluding carboxylic acids is 2. The lowest BCUT2D eigenvalue weighted by Gasteiger charge is -2.43. The fourth-order valence-corrected chi connectivity index (χ4v) is 3.29. The third kappa shape index (κ3) is 4.58. The molecular formula is C19H26N2O4. The predicted molar refractivity (Wildman–Crippen MR) is 93.1 cm³/mol. The van der Waals surface area contributed by atoms with E-state index in [1.54, 1.807) is 9.80 Å². The van der Waals surface area contributed by atoms with Crippen LogP contribution < -0.4 is 0 Å². The van der Waals surface area contributed by atoms with E-state index in [4.69, 9.17) is 9.47 Å². The van der Waals surface area contributed by atoms with E-state index in [0.29, 0.717) is 32.8 Å². The maximum atomic E-state index is 12.6. The van der Waals surface area contributed by atoms with Crippen molar-refractivity contribution in [1.82, 2.24) is 9.80 Å². The lowest BCUT2D eigenvalue weighted by Crippen LogP contribution is -2.63. The Kier molecular flexibility index (Phi) is 6.04. The molecular weight excluding hydrogens is 320 g/mol. The van der Waals surface area contributed by atoms with E-state index in [2.05, 4.69) is 12.1 Å². The molecule has 3 rings (SSSR count). The van der Waals surface area contributed by atoms with E-state index in [-0.39, 0.29) is 24.5 Å². The van der Waals surface area contributed by atoms with Gasteiger partial charge in [0.25, 0.3) is 0 Å². The van der Waals surface area contributed by atoms with Gasteiger partial charge in [0.05, 0.1) is 19.3 Å². The second-order valence-electron chi connectivity index (χ2n) is 6.63. The summed E-state index contributed by atoms with van der Waals surface area (Å²) in [5.74, 6) is -0.102. The van der Waals surface area contributed by atoms with Gasteiger partial charge in [-0.3, -0.25) is 9.59 Å². The third-order valence-electron chi connectivity index (χ3n) is 4.78. The van der Waals surface area contributed by atoms with Crippen LogP contribution in [0.2, 0.25) is 0 Å². The molecule has 136 valence electrons. The molecule has 0 bridgehead atoms. The molecule has 1 unspecified atom stereocenters. The normalized spacial score (nSPS) is 21.1. The number of hydrogen-bond acceptors (Lipinski definition) is 4. The fraction of sp³-hybridized carbons (Fsp3) is 0.579. The summed E-state index contributed by atoms with van der Waals surface area (Å²) in [5.41, 5.74) is 1.32. The van der Waals surface area contributed by atoms with Gasteiger partial charge in [0.1, 0.15) is 6.04 Å². The van der Waals surface area contributed by atoms with Crippen molar-refractivity contribution in [1.29, 1.82) is 0 Å². The molecule has 2 heterocycles. The number of benzene rings is 1. The first kappa shape index (κ1) is 17.9. The number of amides is 2. The Bertz CT molecular complexity index is 586. The van der Waals surface area contributed by atoms with Crippen molar-refractivity contribution in [2.24, 2.45) is 0 Å². The Balaban J connectivity index is 1.35. The van der Waals surface area contributed by atoms with Crippen LogP contribution in [0.25, 0.3) is 0 Å². The molecule has 2 aliphatic rings. The minimum atomic E-state index is -0.481. The van der Waals surface area contributed by atoms with E-state index in [1.807, 2.05) is 18.2 Å². The highest BCUT2D eigenvalue weighted by Crippen LogP contribution is 2.18. The first-order valence-corrected chi connectivity index (χ1v) is 8.94. The number of hydrogen-bond donors (Lipinski definition) is 0. The average molecular weight is 346 g/mol. The summed E-state index contributed by atoms with van der Waals surface area (Å²) in [7, 11) is 0. The van der Waals surface area contributed by atoms with Gasteiger partial charge >= 0.3 is 0 Å². The van der Waals surface area contributed by atoms with Gasteiger partial charge in [0, 0.05) is 33.2 Å². The zero-order valence-electron chi connectivity index (χ0n) is 14.7. The van der Waals surface area contributed by atoms with E-state index < -0.39 is 6.04 Å². The quantitative estimate of drug-likeness (QED) is 0.724. The first-order valence-electron chi connectivity index (χ1n) is 8.94. The van der Waals surface area contributed by atoms with Gasteiger partial charge < -0.3 is 19.3 Å². The SMILES string of the molecule is CC(=O)N1CCOCC1C(=O)N1CC(OCCCc2ccccc2)C1. The lowest BCUT2D eigenvalue weighted by molar-refractivity contribution is -0.161. The molecule has 1 aromatic carbocycles. The van der Waals surface area contributed by atoms with Crippen molar-refractivity contribution >= 4 is 11.8 Å². The van der Waals surface area contributed by atoms with Gasteiger partial charge in [-0.25, -0.2) is 0 Å². The van der Waals surface area contributed by atoms with Crippen molar-refractivity contribution in [3.8, 4) is 0 Å². The summed E-state index contributed by atoms with van der Waals surface area (Å²) in [5, 5.41) is 0. The minimum absolute atomic E-state index is 0.0287. The zero-order valence-corrected chi connectivity index (χ0v) is 14.7. The minimum Gasteiger partial charge on any atom is -0.377 e. The number of nitrogens with zero attached hydrogens (tertiary/aromatic N) is 2. The summed E-state index contributed by atoms with van der Waals surface area (Å²) < 4.78 is 11.2. The Labute approximate surface area is 148 Å². The van der Waals surface area contributed by atoms with E-state index >= 15 is 0 Å². The van der Waals surface area contributed by atoms with Crippen LogP contribution in [0.3, 0.4) is 0 Å². The summed E-state index contributed by atoms with van der Waals surface area (Å²) in [4.78, 5) is 27.6. The molecule has 2 aliphatic heterocycles. The van der Waals surface area contributed by atoms with Crippen molar-refractivity contribution < 1.29 is 19.1 Å². The first-order chi connectivity index (χ1) is 12.1. The molecule has 25 heavy (non-hydrogen) atoms. The van der Waals surface area contributed by atoms with Gasteiger partial charge in [0.2, 0.25) is 11.8 Å². The number of rotatable bonds is 6. The van der Waals surface area contributed by atoms with E-state index in [0.717, 1.165) is 12.8 Å².